The number of hydrogen-bond donors (Lipinski definition) is 0. The Labute approximate surface area is 195 Å². The van der Waals surface area contributed by atoms with Gasteiger partial charge in [-0.15, -0.1) is 11.8 Å². The fraction of sp³-hybridized carbons (Fsp3) is 0.704. The molecule has 0 aromatic heterocycles. The third-order valence-corrected chi connectivity index (χ3v) is 7.08. The maximum Gasteiger partial charge on any atom is 0.214 e. The van der Waals surface area contributed by atoms with Crippen LogP contribution in [-0.4, -0.2) is 16.7 Å². The molecule has 1 rings (SSSR count). The van der Waals surface area contributed by atoms with Crippen molar-refractivity contribution in [1.82, 2.24) is 0 Å². The molecule has 0 saturated heterocycles. The SMILES string of the molecule is C=C(C)SCCCCCCCCCCCc1cc(CC)c(CC(C)[N+](=O)[O-])cc1CC. The van der Waals surface area contributed by atoms with Crippen LogP contribution in [0.5, 0.6) is 0 Å². The monoisotopic (exact) mass is 447 g/mol. The summed E-state index contributed by atoms with van der Waals surface area (Å²) in [4.78, 5) is 12.1. The van der Waals surface area contributed by atoms with E-state index in [9.17, 15) is 10.1 Å². The van der Waals surface area contributed by atoms with Crippen LogP contribution in [0.4, 0.5) is 0 Å². The number of thioether (sulfide) groups is 1. The number of benzene rings is 1. The first-order valence-corrected chi connectivity index (χ1v) is 13.4. The van der Waals surface area contributed by atoms with Gasteiger partial charge in [-0.2, -0.15) is 0 Å². The molecule has 1 aromatic carbocycles. The van der Waals surface area contributed by atoms with Crippen LogP contribution in [0.3, 0.4) is 0 Å². The summed E-state index contributed by atoms with van der Waals surface area (Å²) in [7, 11) is 0. The van der Waals surface area contributed by atoms with E-state index in [1.54, 1.807) is 6.92 Å². The first-order valence-electron chi connectivity index (χ1n) is 12.4. The second-order valence-electron chi connectivity index (χ2n) is 8.92. The molecule has 0 amide bonds. The Bertz CT molecular complexity index is 671. The van der Waals surface area contributed by atoms with E-state index in [1.807, 2.05) is 11.8 Å². The molecule has 3 nitrogen and oxygen atoms in total. The van der Waals surface area contributed by atoms with Crippen molar-refractivity contribution >= 4 is 11.8 Å². The van der Waals surface area contributed by atoms with Crippen LogP contribution in [0.1, 0.15) is 108 Å². The van der Waals surface area contributed by atoms with Crippen LogP contribution in [0, 0.1) is 10.1 Å². The molecule has 0 aliphatic rings. The smallest absolute Gasteiger partial charge is 0.214 e. The van der Waals surface area contributed by atoms with Crippen LogP contribution in [0.25, 0.3) is 0 Å². The van der Waals surface area contributed by atoms with Crippen LogP contribution < -0.4 is 0 Å². The Morgan fingerprint density at radius 2 is 1.39 bits per heavy atom. The van der Waals surface area contributed by atoms with Crippen molar-refractivity contribution in [3.8, 4) is 0 Å². The average molecular weight is 448 g/mol. The van der Waals surface area contributed by atoms with Crippen LogP contribution in [0.2, 0.25) is 0 Å². The number of aryl methyl sites for hydroxylation is 3. The molecular formula is C27H45NO2S. The Kier molecular flexibility index (Phi) is 14.6. The van der Waals surface area contributed by atoms with Crippen LogP contribution >= 0.6 is 11.8 Å². The third-order valence-electron chi connectivity index (χ3n) is 6.10. The van der Waals surface area contributed by atoms with E-state index >= 15 is 0 Å². The molecule has 31 heavy (non-hydrogen) atoms. The lowest BCUT2D eigenvalue weighted by atomic mass is 9.90. The molecule has 4 heteroatoms. The van der Waals surface area contributed by atoms with E-state index in [0.717, 1.165) is 19.3 Å². The van der Waals surface area contributed by atoms with Gasteiger partial charge in [-0.3, -0.25) is 10.1 Å². The van der Waals surface area contributed by atoms with Gasteiger partial charge >= 0.3 is 0 Å². The zero-order valence-electron chi connectivity index (χ0n) is 20.5. The summed E-state index contributed by atoms with van der Waals surface area (Å²) in [5.74, 6) is 1.23. The lowest BCUT2D eigenvalue weighted by molar-refractivity contribution is -0.517. The van der Waals surface area contributed by atoms with Gasteiger partial charge in [0.2, 0.25) is 6.04 Å². The number of allylic oxidation sites excluding steroid dienone is 1. The Balaban J connectivity index is 2.32. The van der Waals surface area contributed by atoms with E-state index in [4.69, 9.17) is 0 Å². The van der Waals surface area contributed by atoms with Crippen molar-refractivity contribution in [3.05, 3.63) is 56.0 Å². The lowest BCUT2D eigenvalue weighted by Gasteiger charge is -2.16. The molecule has 1 unspecified atom stereocenters. The predicted molar refractivity (Wildman–Crippen MR) is 138 cm³/mol. The van der Waals surface area contributed by atoms with Crippen LogP contribution in [0.15, 0.2) is 23.6 Å². The molecule has 0 bridgehead atoms. The van der Waals surface area contributed by atoms with E-state index in [1.165, 1.54) is 90.7 Å². The quantitative estimate of drug-likeness (QED) is 0.129. The Hall–Kier alpha value is -1.29. The number of rotatable bonds is 18. The van der Waals surface area contributed by atoms with E-state index in [2.05, 4.69) is 39.5 Å². The summed E-state index contributed by atoms with van der Waals surface area (Å²) < 4.78 is 0. The molecule has 0 saturated carbocycles. The molecule has 0 N–H and O–H groups in total. The molecule has 0 spiro atoms. The van der Waals surface area contributed by atoms with E-state index < -0.39 is 6.04 Å². The van der Waals surface area contributed by atoms with Gasteiger partial charge in [-0.05, 0) is 71.9 Å². The van der Waals surface area contributed by atoms with Crippen molar-refractivity contribution in [2.75, 3.05) is 5.75 Å². The molecule has 1 aromatic rings. The first-order chi connectivity index (χ1) is 14.9. The second-order valence-corrected chi connectivity index (χ2v) is 10.3. The summed E-state index contributed by atoms with van der Waals surface area (Å²) in [5, 5.41) is 11.1. The summed E-state index contributed by atoms with van der Waals surface area (Å²) in [5.41, 5.74) is 5.31. The van der Waals surface area contributed by atoms with Crippen molar-refractivity contribution in [3.63, 3.8) is 0 Å². The van der Waals surface area contributed by atoms with Crippen molar-refractivity contribution in [2.24, 2.45) is 0 Å². The van der Waals surface area contributed by atoms with E-state index in [0.29, 0.717) is 6.42 Å². The van der Waals surface area contributed by atoms with Gasteiger partial charge in [-0.25, -0.2) is 0 Å². The maximum atomic E-state index is 11.1. The predicted octanol–water partition coefficient (Wildman–Crippen LogP) is 8.34. The van der Waals surface area contributed by atoms with E-state index in [-0.39, 0.29) is 4.92 Å². The number of hydrogen-bond acceptors (Lipinski definition) is 3. The fourth-order valence-electron chi connectivity index (χ4n) is 4.17. The molecule has 0 aliphatic heterocycles. The number of nitrogens with zero attached hydrogens (tertiary/aromatic N) is 1. The molecule has 0 heterocycles. The van der Waals surface area contributed by atoms with Gasteiger partial charge < -0.3 is 0 Å². The van der Waals surface area contributed by atoms with Gasteiger partial charge in [-0.1, -0.05) is 77.5 Å². The summed E-state index contributed by atoms with van der Waals surface area (Å²) >= 11 is 1.89. The van der Waals surface area contributed by atoms with Gasteiger partial charge in [0.15, 0.2) is 0 Å². The minimum absolute atomic E-state index is 0.165. The van der Waals surface area contributed by atoms with Gasteiger partial charge in [0, 0.05) is 18.3 Å². The lowest BCUT2D eigenvalue weighted by Crippen LogP contribution is -2.19. The van der Waals surface area contributed by atoms with Gasteiger partial charge in [0.25, 0.3) is 0 Å². The standard InChI is InChI=1S/C27H45NO2S/c1-6-24-21-27(19-23(5)28(29)30)25(7-2)20-26(24)17-15-13-11-9-8-10-12-14-16-18-31-22(3)4/h20-21,23H,3,6-19H2,1-2,4-5H3. The average Bonchev–Trinajstić information content (AvgIpc) is 2.74. The largest absolute Gasteiger partial charge is 0.264 e. The molecule has 0 radical (unpaired) electrons. The van der Waals surface area contributed by atoms with Crippen molar-refractivity contribution in [2.45, 2.75) is 117 Å². The summed E-state index contributed by atoms with van der Waals surface area (Å²) in [6.45, 7) is 12.1. The second kappa shape index (κ2) is 16.4. The molecule has 0 aliphatic carbocycles. The highest BCUT2D eigenvalue weighted by atomic mass is 32.2. The minimum atomic E-state index is -0.518. The summed E-state index contributed by atoms with van der Waals surface area (Å²) in [6, 6.07) is 4.08. The summed E-state index contributed by atoms with van der Waals surface area (Å²) in [6.07, 6.45) is 15.7. The maximum absolute atomic E-state index is 11.1. The zero-order chi connectivity index (χ0) is 23.1. The van der Waals surface area contributed by atoms with Crippen LogP contribution in [-0.2, 0) is 25.7 Å². The molecule has 0 fully saturated rings. The minimum Gasteiger partial charge on any atom is -0.264 e. The number of unbranched alkanes of at least 4 members (excludes halogenated alkanes) is 8. The number of nitro groups is 1. The topological polar surface area (TPSA) is 43.1 Å². The first kappa shape index (κ1) is 27.7. The van der Waals surface area contributed by atoms with Crippen molar-refractivity contribution in [1.29, 1.82) is 0 Å². The van der Waals surface area contributed by atoms with Gasteiger partial charge in [0.1, 0.15) is 0 Å². The zero-order valence-corrected chi connectivity index (χ0v) is 21.3. The molecular weight excluding hydrogens is 402 g/mol. The normalized spacial score (nSPS) is 12.1. The van der Waals surface area contributed by atoms with Gasteiger partial charge in [0.05, 0.1) is 0 Å². The highest BCUT2D eigenvalue weighted by molar-refractivity contribution is 8.03. The fourth-order valence-corrected chi connectivity index (χ4v) is 4.86. The highest BCUT2D eigenvalue weighted by Crippen LogP contribution is 2.23. The van der Waals surface area contributed by atoms with Crippen molar-refractivity contribution < 1.29 is 4.92 Å². The molecule has 176 valence electrons. The Morgan fingerprint density at radius 1 is 0.903 bits per heavy atom. The third kappa shape index (κ3) is 11.8. The highest BCUT2D eigenvalue weighted by Gasteiger charge is 2.17. The Morgan fingerprint density at radius 3 is 1.90 bits per heavy atom. The molecule has 1 atom stereocenters.